The zero-order valence-electron chi connectivity index (χ0n) is 21.9. The number of hydrogen-bond donors (Lipinski definition) is 0. The number of hydrogen-bond acceptors (Lipinski definition) is 7. The van der Waals surface area contributed by atoms with Crippen LogP contribution < -0.4 is 10.5 Å². The molecule has 0 saturated carbocycles. The third-order valence-electron chi connectivity index (χ3n) is 7.68. The highest BCUT2D eigenvalue weighted by Crippen LogP contribution is 2.35. The van der Waals surface area contributed by atoms with Gasteiger partial charge < -0.3 is 4.90 Å². The summed E-state index contributed by atoms with van der Waals surface area (Å²) < 4.78 is 29.8. The maximum Gasteiger partial charge on any atom is 0.272 e. The van der Waals surface area contributed by atoms with Gasteiger partial charge in [0, 0.05) is 55.8 Å². The van der Waals surface area contributed by atoms with Gasteiger partial charge in [0.05, 0.1) is 28.8 Å². The van der Waals surface area contributed by atoms with Gasteiger partial charge in [0.1, 0.15) is 16.3 Å². The maximum atomic E-state index is 13.2. The van der Waals surface area contributed by atoms with Crippen molar-refractivity contribution in [3.05, 3.63) is 57.0 Å². The predicted octanol–water partition coefficient (Wildman–Crippen LogP) is 5.09. The number of aromatic nitrogens is 4. The van der Waals surface area contributed by atoms with Crippen LogP contribution in [0.2, 0.25) is 0 Å². The quantitative estimate of drug-likeness (QED) is 0.326. The molecule has 5 rings (SSSR count). The third kappa shape index (κ3) is 4.56. The van der Waals surface area contributed by atoms with Gasteiger partial charge in [0.2, 0.25) is 0 Å². The monoisotopic (exact) mass is 539 g/mol. The Kier molecular flexibility index (Phi) is 7.20. The first-order valence-electron chi connectivity index (χ1n) is 12.9. The summed E-state index contributed by atoms with van der Waals surface area (Å²) in [7, 11) is 1.72. The third-order valence-corrected chi connectivity index (χ3v) is 8.74. The van der Waals surface area contributed by atoms with Crippen LogP contribution in [-0.4, -0.2) is 49.2 Å². The van der Waals surface area contributed by atoms with E-state index in [9.17, 15) is 18.8 Å². The Bertz CT molecular complexity index is 1570. The van der Waals surface area contributed by atoms with Gasteiger partial charge >= 0.3 is 0 Å². The van der Waals surface area contributed by atoms with Gasteiger partial charge in [0.15, 0.2) is 0 Å². The summed E-state index contributed by atoms with van der Waals surface area (Å²) >= 11 is 1.05. The highest BCUT2D eigenvalue weighted by Gasteiger charge is 2.37. The van der Waals surface area contributed by atoms with E-state index in [1.807, 2.05) is 12.1 Å². The van der Waals surface area contributed by atoms with E-state index in [0.717, 1.165) is 47.6 Å². The van der Waals surface area contributed by atoms with Crippen molar-refractivity contribution in [3.63, 3.8) is 0 Å². The Morgan fingerprint density at radius 1 is 1.16 bits per heavy atom. The Labute approximate surface area is 223 Å². The molecule has 3 atom stereocenters. The van der Waals surface area contributed by atoms with E-state index in [0.29, 0.717) is 22.7 Å². The molecule has 4 aromatic heterocycles. The van der Waals surface area contributed by atoms with Crippen LogP contribution in [0.4, 0.5) is 14.6 Å². The lowest BCUT2D eigenvalue weighted by Gasteiger charge is -2.49. The maximum absolute atomic E-state index is 13.2. The minimum atomic E-state index is -2.50. The minimum Gasteiger partial charge on any atom is -0.351 e. The van der Waals surface area contributed by atoms with E-state index in [1.165, 1.54) is 6.07 Å². The number of alkyl halides is 2. The van der Waals surface area contributed by atoms with Crippen LogP contribution in [0.1, 0.15) is 62.3 Å². The molecule has 0 aromatic carbocycles. The smallest absolute Gasteiger partial charge is 0.272 e. The van der Waals surface area contributed by atoms with Crippen molar-refractivity contribution in [2.45, 2.75) is 64.6 Å². The Morgan fingerprint density at radius 3 is 2.61 bits per heavy atom. The van der Waals surface area contributed by atoms with Crippen LogP contribution in [0.3, 0.4) is 0 Å². The van der Waals surface area contributed by atoms with Crippen LogP contribution in [0.15, 0.2) is 35.1 Å². The van der Waals surface area contributed by atoms with Gasteiger partial charge in [-0.25, -0.2) is 18.3 Å². The van der Waals surface area contributed by atoms with Gasteiger partial charge in [-0.15, -0.1) is 11.3 Å². The molecule has 1 fully saturated rings. The van der Waals surface area contributed by atoms with E-state index >= 15 is 0 Å². The fraction of sp³-hybridized carbons (Fsp3) is 0.481. The van der Waals surface area contributed by atoms with Crippen LogP contribution >= 0.6 is 11.3 Å². The lowest BCUT2D eigenvalue weighted by molar-refractivity contribution is 0.0986. The van der Waals surface area contributed by atoms with E-state index in [1.54, 1.807) is 28.3 Å². The summed E-state index contributed by atoms with van der Waals surface area (Å²) in [5.74, 6) is 0.738. The van der Waals surface area contributed by atoms with Crippen LogP contribution in [0.5, 0.6) is 0 Å². The first-order chi connectivity index (χ1) is 18.2. The summed E-state index contributed by atoms with van der Waals surface area (Å²) in [5.41, 5.74) is 2.04. The molecule has 200 valence electrons. The molecule has 8 nitrogen and oxygen atoms in total. The second kappa shape index (κ2) is 10.4. The van der Waals surface area contributed by atoms with E-state index in [4.69, 9.17) is 4.98 Å². The van der Waals surface area contributed by atoms with Crippen molar-refractivity contribution < 1.29 is 8.78 Å². The van der Waals surface area contributed by atoms with Gasteiger partial charge in [-0.3, -0.25) is 14.3 Å². The topological polar surface area (TPSA) is 82.5 Å². The van der Waals surface area contributed by atoms with Crippen molar-refractivity contribution in [2.24, 2.45) is 7.05 Å². The zero-order chi connectivity index (χ0) is 27.1. The molecule has 0 radical (unpaired) electrons. The number of halogens is 2. The number of aryl methyl sites for hydroxylation is 1. The first kappa shape index (κ1) is 26.3. The highest BCUT2D eigenvalue weighted by molar-refractivity contribution is 7.18. The van der Waals surface area contributed by atoms with Gasteiger partial charge in [-0.1, -0.05) is 19.9 Å². The molecular weight excluding hydrogens is 508 g/mol. The van der Waals surface area contributed by atoms with Crippen LogP contribution in [0, 0.1) is 11.3 Å². The number of pyridine rings is 1. The summed E-state index contributed by atoms with van der Waals surface area (Å²) in [6.07, 6.45) is -0.570. The summed E-state index contributed by atoms with van der Waals surface area (Å²) in [6, 6.07) is 11.2. The fourth-order valence-corrected chi connectivity index (χ4v) is 6.38. The van der Waals surface area contributed by atoms with Crippen LogP contribution in [0.25, 0.3) is 15.9 Å². The number of fused-ring (bicyclic) bond motifs is 2. The largest absolute Gasteiger partial charge is 0.351 e. The van der Waals surface area contributed by atoms with Crippen LogP contribution in [-0.2, 0) is 13.5 Å². The van der Waals surface area contributed by atoms with Gasteiger partial charge in [0.25, 0.3) is 12.0 Å². The Balaban J connectivity index is 1.49. The Morgan fingerprint density at radius 2 is 1.92 bits per heavy atom. The van der Waals surface area contributed by atoms with Crippen molar-refractivity contribution >= 4 is 33.0 Å². The number of piperazine rings is 1. The van der Waals surface area contributed by atoms with Crippen molar-refractivity contribution in [1.29, 1.82) is 5.26 Å². The molecule has 0 amide bonds. The number of thiophene rings is 1. The molecule has 1 aliphatic rings. The van der Waals surface area contributed by atoms with E-state index in [2.05, 4.69) is 41.7 Å². The fourth-order valence-electron chi connectivity index (χ4n) is 5.48. The molecule has 1 aliphatic heterocycles. The van der Waals surface area contributed by atoms with Crippen molar-refractivity contribution in [1.82, 2.24) is 24.1 Å². The summed E-state index contributed by atoms with van der Waals surface area (Å²) in [5, 5.41) is 14.6. The molecule has 38 heavy (non-hydrogen) atoms. The number of rotatable bonds is 7. The standard InChI is InChI=1S/C27H31F2N7OS/c1-5-19-15-35(24-13-25(37)33(4)23-12-18(9-10-30)32-36(23)24)20(6-2)14-34(19)16(3)21-8-7-17-11-22(26(28)29)38-27(17)31-21/h7-8,11-13,16,19-20,26H,5-6,9,14-15H2,1-4H3/t16?,19-,20+/m1/s1. The van der Waals surface area contributed by atoms with Crippen molar-refractivity contribution in [2.75, 3.05) is 18.0 Å². The minimum absolute atomic E-state index is 0.00625. The lowest BCUT2D eigenvalue weighted by Crippen LogP contribution is -2.59. The van der Waals surface area contributed by atoms with E-state index in [-0.39, 0.29) is 35.0 Å². The SMILES string of the molecule is CC[C@H]1CN(C(C)c2ccc3cc(C(F)F)sc3n2)[C@H](CC)CN1c1cc(=O)n(C)c2cc(CC#N)nn12. The lowest BCUT2D eigenvalue weighted by atomic mass is 9.99. The average Bonchev–Trinajstić information content (AvgIpc) is 3.54. The first-order valence-corrected chi connectivity index (χ1v) is 13.7. The normalized spacial score (nSPS) is 19.5. The van der Waals surface area contributed by atoms with Gasteiger partial charge in [-0.2, -0.15) is 10.4 Å². The summed E-state index contributed by atoms with van der Waals surface area (Å²) in [4.78, 5) is 23.1. The second-order valence-corrected chi connectivity index (χ2v) is 10.9. The number of anilines is 1. The summed E-state index contributed by atoms with van der Waals surface area (Å²) in [6.45, 7) is 7.87. The molecule has 1 saturated heterocycles. The highest BCUT2D eigenvalue weighted by atomic mass is 32.1. The van der Waals surface area contributed by atoms with Crippen molar-refractivity contribution in [3.8, 4) is 6.07 Å². The molecule has 11 heteroatoms. The molecule has 0 aliphatic carbocycles. The molecule has 0 bridgehead atoms. The second-order valence-electron chi connectivity index (χ2n) is 9.87. The Hall–Kier alpha value is -3.36. The predicted molar refractivity (Wildman–Crippen MR) is 145 cm³/mol. The number of nitriles is 1. The van der Waals surface area contributed by atoms with Gasteiger partial charge in [-0.05, 0) is 31.9 Å². The van der Waals surface area contributed by atoms with E-state index < -0.39 is 6.43 Å². The zero-order valence-corrected chi connectivity index (χ0v) is 22.8. The molecule has 0 N–H and O–H groups in total. The average molecular weight is 540 g/mol. The molecule has 0 spiro atoms. The number of nitrogens with zero attached hydrogens (tertiary/aromatic N) is 7. The molecule has 4 aromatic rings. The molecular formula is C27H31F2N7OS. The molecule has 1 unspecified atom stereocenters. The molecule has 5 heterocycles.